The number of imidazole rings is 1. The van der Waals surface area contributed by atoms with Gasteiger partial charge in [0.1, 0.15) is 5.82 Å². The van der Waals surface area contributed by atoms with Crippen LogP contribution in [0.15, 0.2) is 72.4 Å². The molecule has 0 radical (unpaired) electrons. The van der Waals surface area contributed by atoms with E-state index in [-0.39, 0.29) is 0 Å². The van der Waals surface area contributed by atoms with Crippen molar-refractivity contribution < 1.29 is 0 Å². The summed E-state index contributed by atoms with van der Waals surface area (Å²) in [4.78, 5) is 4.67. The maximum Gasteiger partial charge on any atom is 0.110 e. The van der Waals surface area contributed by atoms with E-state index in [1.165, 1.54) is 5.57 Å². The zero-order valence-electron chi connectivity index (χ0n) is 13.8. The van der Waals surface area contributed by atoms with Crippen LogP contribution in [0.2, 0.25) is 0 Å². The average molecular weight is 302 g/mol. The van der Waals surface area contributed by atoms with Gasteiger partial charge in [-0.15, -0.1) is 0 Å². The van der Waals surface area contributed by atoms with Gasteiger partial charge in [-0.3, -0.25) is 4.57 Å². The molecule has 1 aromatic carbocycles. The topological polar surface area (TPSA) is 17.8 Å². The van der Waals surface area contributed by atoms with E-state index >= 15 is 0 Å². The highest BCUT2D eigenvalue weighted by atomic mass is 15.1. The fourth-order valence-electron chi connectivity index (χ4n) is 2.99. The van der Waals surface area contributed by atoms with Crippen LogP contribution in [0.25, 0.3) is 11.8 Å². The molecule has 2 heteroatoms. The Balaban J connectivity index is 2.13. The van der Waals surface area contributed by atoms with Gasteiger partial charge in [-0.25, -0.2) is 4.98 Å². The quantitative estimate of drug-likeness (QED) is 0.697. The highest BCUT2D eigenvalue weighted by molar-refractivity contribution is 5.65. The zero-order chi connectivity index (χ0) is 16.2. The van der Waals surface area contributed by atoms with Crippen molar-refractivity contribution >= 4 is 6.08 Å². The van der Waals surface area contributed by atoms with Crippen LogP contribution in [0.3, 0.4) is 0 Å². The Morgan fingerprint density at radius 2 is 1.96 bits per heavy atom. The van der Waals surface area contributed by atoms with Crippen LogP contribution in [0.1, 0.15) is 30.1 Å². The molecule has 0 unspecified atom stereocenters. The maximum absolute atomic E-state index is 4.67. The average Bonchev–Trinajstić information content (AvgIpc) is 2.87. The third kappa shape index (κ3) is 3.11. The second kappa shape index (κ2) is 6.66. The maximum atomic E-state index is 4.67. The number of rotatable bonds is 4. The van der Waals surface area contributed by atoms with Gasteiger partial charge in [-0.1, -0.05) is 49.1 Å². The lowest BCUT2D eigenvalue weighted by Crippen LogP contribution is -2.00. The Hall–Kier alpha value is -2.61. The smallest absolute Gasteiger partial charge is 0.110 e. The molecule has 1 aliphatic rings. The monoisotopic (exact) mass is 302 g/mol. The molecule has 1 aromatic heterocycles. The number of benzene rings is 1. The van der Waals surface area contributed by atoms with E-state index < -0.39 is 0 Å². The minimum absolute atomic E-state index is 0.997. The number of para-hydroxylation sites is 1. The van der Waals surface area contributed by atoms with Crippen molar-refractivity contribution in [1.29, 1.82) is 0 Å². The zero-order valence-corrected chi connectivity index (χ0v) is 13.8. The van der Waals surface area contributed by atoms with Crippen LogP contribution in [0, 0.1) is 13.8 Å². The van der Waals surface area contributed by atoms with E-state index in [4.69, 9.17) is 0 Å². The molecular weight excluding hydrogens is 280 g/mol. The molecule has 0 spiro atoms. The predicted octanol–water partition coefficient (Wildman–Crippen LogP) is 5.33. The van der Waals surface area contributed by atoms with E-state index in [0.717, 1.165) is 41.3 Å². The van der Waals surface area contributed by atoms with Gasteiger partial charge in [0, 0.05) is 5.69 Å². The summed E-state index contributed by atoms with van der Waals surface area (Å²) < 4.78 is 2.20. The van der Waals surface area contributed by atoms with Crippen molar-refractivity contribution in [2.24, 2.45) is 0 Å². The van der Waals surface area contributed by atoms with E-state index in [1.54, 1.807) is 0 Å². The van der Waals surface area contributed by atoms with Crippen LogP contribution in [0.5, 0.6) is 0 Å². The molecule has 23 heavy (non-hydrogen) atoms. The molecule has 0 saturated carbocycles. The molecule has 0 atom stereocenters. The number of nitrogens with zero attached hydrogens (tertiary/aromatic N) is 2. The minimum Gasteiger partial charge on any atom is -0.297 e. The van der Waals surface area contributed by atoms with Gasteiger partial charge in [0.15, 0.2) is 0 Å². The van der Waals surface area contributed by atoms with Gasteiger partial charge < -0.3 is 0 Å². The first-order valence-corrected chi connectivity index (χ1v) is 8.03. The Bertz CT molecular complexity index is 802. The molecule has 2 aromatic rings. The van der Waals surface area contributed by atoms with Gasteiger partial charge >= 0.3 is 0 Å². The number of aromatic nitrogens is 2. The molecule has 0 amide bonds. The molecule has 3 rings (SSSR count). The van der Waals surface area contributed by atoms with Gasteiger partial charge in [0.25, 0.3) is 0 Å². The van der Waals surface area contributed by atoms with E-state index in [0.29, 0.717) is 0 Å². The SMILES string of the molecule is C=C/C(=C\c1c(C)nc(C)n1-c1ccccc1)C1=CCCC=C1. The Labute approximate surface area is 138 Å². The summed E-state index contributed by atoms with van der Waals surface area (Å²) in [6, 6.07) is 10.4. The normalized spacial score (nSPS) is 14.7. The highest BCUT2D eigenvalue weighted by Gasteiger charge is 2.12. The Kier molecular flexibility index (Phi) is 4.42. The van der Waals surface area contributed by atoms with Crippen molar-refractivity contribution in [2.75, 3.05) is 0 Å². The van der Waals surface area contributed by atoms with Crippen molar-refractivity contribution in [3.05, 3.63) is 89.6 Å². The Morgan fingerprint density at radius 1 is 1.17 bits per heavy atom. The van der Waals surface area contributed by atoms with E-state index in [9.17, 15) is 0 Å². The minimum atomic E-state index is 0.997. The summed E-state index contributed by atoms with van der Waals surface area (Å²) in [5.74, 6) is 0.997. The largest absolute Gasteiger partial charge is 0.297 e. The first kappa shape index (κ1) is 15.3. The molecule has 0 fully saturated rings. The van der Waals surface area contributed by atoms with Crippen molar-refractivity contribution in [3.8, 4) is 5.69 Å². The lowest BCUT2D eigenvalue weighted by atomic mass is 9.98. The van der Waals surface area contributed by atoms with Crippen LogP contribution >= 0.6 is 0 Å². The number of aryl methyl sites for hydroxylation is 2. The molecule has 2 nitrogen and oxygen atoms in total. The third-order valence-corrected chi connectivity index (χ3v) is 4.12. The molecule has 0 N–H and O–H groups in total. The molecule has 0 saturated heterocycles. The molecule has 0 bridgehead atoms. The fourth-order valence-corrected chi connectivity index (χ4v) is 2.99. The lowest BCUT2D eigenvalue weighted by Gasteiger charge is -2.11. The van der Waals surface area contributed by atoms with E-state index in [2.05, 4.69) is 71.6 Å². The molecule has 1 aliphatic carbocycles. The van der Waals surface area contributed by atoms with Crippen molar-refractivity contribution in [3.63, 3.8) is 0 Å². The fraction of sp³-hybridized carbons (Fsp3) is 0.190. The van der Waals surface area contributed by atoms with Crippen LogP contribution in [-0.2, 0) is 0 Å². The first-order valence-electron chi connectivity index (χ1n) is 8.03. The third-order valence-electron chi connectivity index (χ3n) is 4.12. The summed E-state index contributed by atoms with van der Waals surface area (Å²) in [6.45, 7) is 8.10. The molecular formula is C21H22N2. The number of hydrogen-bond acceptors (Lipinski definition) is 1. The van der Waals surface area contributed by atoms with E-state index in [1.807, 2.05) is 19.1 Å². The lowest BCUT2D eigenvalue weighted by molar-refractivity contribution is 0.965. The summed E-state index contributed by atoms with van der Waals surface area (Å²) in [5, 5.41) is 0. The second-order valence-corrected chi connectivity index (χ2v) is 5.74. The Morgan fingerprint density at radius 3 is 2.61 bits per heavy atom. The molecule has 116 valence electrons. The second-order valence-electron chi connectivity index (χ2n) is 5.74. The summed E-state index contributed by atoms with van der Waals surface area (Å²) in [6.07, 6.45) is 13.0. The van der Waals surface area contributed by atoms with Gasteiger partial charge in [-0.05, 0) is 56.0 Å². The molecule has 0 aliphatic heterocycles. The highest BCUT2D eigenvalue weighted by Crippen LogP contribution is 2.25. The summed E-state index contributed by atoms with van der Waals surface area (Å²) in [5.41, 5.74) is 5.66. The van der Waals surface area contributed by atoms with Crippen LogP contribution in [0.4, 0.5) is 0 Å². The number of hydrogen-bond donors (Lipinski definition) is 0. The van der Waals surface area contributed by atoms with Crippen molar-refractivity contribution in [2.45, 2.75) is 26.7 Å². The predicted molar refractivity (Wildman–Crippen MR) is 97.7 cm³/mol. The van der Waals surface area contributed by atoms with Gasteiger partial charge in [-0.2, -0.15) is 0 Å². The van der Waals surface area contributed by atoms with Gasteiger partial charge in [0.2, 0.25) is 0 Å². The standard InChI is InChI=1S/C21H22N2/c1-4-18(19-11-7-5-8-12-19)15-21-16(2)22-17(3)23(21)20-13-9-6-10-14-20/h4,6-7,9-15H,1,5,8H2,2-3H3/b18-15+. The van der Waals surface area contributed by atoms with Gasteiger partial charge in [0.05, 0.1) is 11.4 Å². The molecule has 1 heterocycles. The van der Waals surface area contributed by atoms with Crippen LogP contribution < -0.4 is 0 Å². The van der Waals surface area contributed by atoms with Crippen LogP contribution in [-0.4, -0.2) is 9.55 Å². The summed E-state index contributed by atoms with van der Waals surface area (Å²) >= 11 is 0. The first-order chi connectivity index (χ1) is 11.2. The number of allylic oxidation sites excluding steroid dienone is 6. The summed E-state index contributed by atoms with van der Waals surface area (Å²) in [7, 11) is 0. The van der Waals surface area contributed by atoms with Crippen molar-refractivity contribution in [1.82, 2.24) is 9.55 Å².